The summed E-state index contributed by atoms with van der Waals surface area (Å²) in [7, 11) is 0. The fraction of sp³-hybridized carbons (Fsp3) is 0.0476. The number of rotatable bonds is 2. The van der Waals surface area contributed by atoms with Gasteiger partial charge >= 0.3 is 0 Å². The van der Waals surface area contributed by atoms with Crippen molar-refractivity contribution in [3.05, 3.63) is 110 Å². The van der Waals surface area contributed by atoms with Gasteiger partial charge in [0, 0.05) is 20.4 Å². The first-order valence-corrected chi connectivity index (χ1v) is 9.14. The highest BCUT2D eigenvalue weighted by atomic mass is 79.9. The Bertz CT molecular complexity index is 880. The van der Waals surface area contributed by atoms with Crippen molar-refractivity contribution in [3.63, 3.8) is 0 Å². The minimum Gasteiger partial charge on any atom is -0.0622 e. The van der Waals surface area contributed by atoms with Crippen LogP contribution in [0.25, 0.3) is 5.57 Å². The Morgan fingerprint density at radius 1 is 0.696 bits per heavy atom. The van der Waals surface area contributed by atoms with Gasteiger partial charge < -0.3 is 0 Å². The van der Waals surface area contributed by atoms with Gasteiger partial charge in [0.15, 0.2) is 0 Å². The van der Waals surface area contributed by atoms with Crippen LogP contribution in [-0.2, 0) is 0 Å². The lowest BCUT2D eigenvalue weighted by atomic mass is 9.93. The quantitative estimate of drug-likeness (QED) is 0.426. The molecule has 0 aliphatic heterocycles. The van der Waals surface area contributed by atoms with E-state index in [0.29, 0.717) is 0 Å². The van der Waals surface area contributed by atoms with Gasteiger partial charge in [0.05, 0.1) is 0 Å². The summed E-state index contributed by atoms with van der Waals surface area (Å²) in [5.74, 6) is 0.249. The van der Waals surface area contributed by atoms with Crippen LogP contribution in [0.3, 0.4) is 0 Å². The topological polar surface area (TPSA) is 0 Å². The van der Waals surface area contributed by atoms with Crippen LogP contribution >= 0.6 is 31.9 Å². The first-order chi connectivity index (χ1) is 11.3. The lowest BCUT2D eigenvalue weighted by Crippen LogP contribution is -1.97. The molecule has 0 fully saturated rings. The van der Waals surface area contributed by atoms with Crippen LogP contribution in [0.2, 0.25) is 0 Å². The van der Waals surface area contributed by atoms with Gasteiger partial charge in [-0.05, 0) is 34.4 Å². The molecule has 4 rings (SSSR count). The van der Waals surface area contributed by atoms with Gasteiger partial charge in [0.25, 0.3) is 0 Å². The standard InChI is InChI=1S/C21H14Br2/c22-16-11-12-17-18(13-16)20(15-9-5-2-6-10-15)21(23)19(17)14-7-3-1-4-8-14/h1-13,20H. The van der Waals surface area contributed by atoms with E-state index < -0.39 is 0 Å². The molecule has 0 N–H and O–H groups in total. The van der Waals surface area contributed by atoms with Gasteiger partial charge in [-0.25, -0.2) is 0 Å². The van der Waals surface area contributed by atoms with Crippen LogP contribution in [0.4, 0.5) is 0 Å². The molecule has 1 unspecified atom stereocenters. The summed E-state index contributed by atoms with van der Waals surface area (Å²) in [6.45, 7) is 0. The summed E-state index contributed by atoms with van der Waals surface area (Å²) in [4.78, 5) is 0. The normalized spacial score (nSPS) is 16.5. The van der Waals surface area contributed by atoms with E-state index in [9.17, 15) is 0 Å². The first kappa shape index (κ1) is 14.9. The Labute approximate surface area is 153 Å². The summed E-state index contributed by atoms with van der Waals surface area (Å²) in [5.41, 5.74) is 6.50. The molecule has 3 aromatic carbocycles. The molecule has 0 saturated carbocycles. The van der Waals surface area contributed by atoms with Crippen molar-refractivity contribution in [1.82, 2.24) is 0 Å². The lowest BCUT2D eigenvalue weighted by molar-refractivity contribution is 1.04. The van der Waals surface area contributed by atoms with Crippen LogP contribution in [0.1, 0.15) is 28.2 Å². The summed E-state index contributed by atoms with van der Waals surface area (Å²) < 4.78 is 2.36. The minimum absolute atomic E-state index is 0.249. The largest absolute Gasteiger partial charge is 0.0622 e. The number of allylic oxidation sites excluding steroid dienone is 1. The van der Waals surface area contributed by atoms with E-state index >= 15 is 0 Å². The van der Waals surface area contributed by atoms with Crippen molar-refractivity contribution in [2.45, 2.75) is 5.92 Å². The fourth-order valence-corrected chi connectivity index (χ4v) is 4.61. The Morgan fingerprint density at radius 2 is 1.35 bits per heavy atom. The molecule has 0 saturated heterocycles. The maximum Gasteiger partial charge on any atom is 0.0418 e. The third-order valence-corrected chi connectivity index (χ3v) is 5.63. The third kappa shape index (κ3) is 2.60. The van der Waals surface area contributed by atoms with Crippen LogP contribution in [-0.4, -0.2) is 0 Å². The number of benzene rings is 3. The molecule has 112 valence electrons. The van der Waals surface area contributed by atoms with Crippen molar-refractivity contribution in [2.75, 3.05) is 0 Å². The van der Waals surface area contributed by atoms with Crippen LogP contribution in [0.5, 0.6) is 0 Å². The van der Waals surface area contributed by atoms with Crippen molar-refractivity contribution in [1.29, 1.82) is 0 Å². The Morgan fingerprint density at radius 3 is 2.04 bits per heavy atom. The first-order valence-electron chi connectivity index (χ1n) is 7.55. The Kier molecular flexibility index (Phi) is 3.96. The Balaban J connectivity index is 1.97. The van der Waals surface area contributed by atoms with Crippen LogP contribution < -0.4 is 0 Å². The molecule has 2 heteroatoms. The molecule has 23 heavy (non-hydrogen) atoms. The molecule has 1 atom stereocenters. The third-order valence-electron chi connectivity index (χ3n) is 4.28. The molecular weight excluding hydrogens is 412 g/mol. The monoisotopic (exact) mass is 424 g/mol. The molecule has 0 radical (unpaired) electrons. The summed E-state index contributed by atoms with van der Waals surface area (Å²) >= 11 is 7.54. The van der Waals surface area contributed by atoms with E-state index in [1.807, 2.05) is 0 Å². The molecule has 1 aliphatic carbocycles. The average molecular weight is 426 g/mol. The predicted octanol–water partition coefficient (Wildman–Crippen LogP) is 6.75. The van der Waals surface area contributed by atoms with Gasteiger partial charge in [-0.2, -0.15) is 0 Å². The van der Waals surface area contributed by atoms with E-state index in [4.69, 9.17) is 0 Å². The second kappa shape index (κ2) is 6.10. The summed E-state index contributed by atoms with van der Waals surface area (Å²) in [6, 6.07) is 27.8. The van der Waals surface area contributed by atoms with E-state index in [0.717, 1.165) is 4.47 Å². The zero-order valence-corrected chi connectivity index (χ0v) is 15.5. The molecule has 0 nitrogen and oxygen atoms in total. The molecular formula is C21H14Br2. The fourth-order valence-electron chi connectivity index (χ4n) is 3.28. The Hall–Kier alpha value is -1.64. The maximum absolute atomic E-state index is 3.91. The highest BCUT2D eigenvalue weighted by Crippen LogP contribution is 2.51. The van der Waals surface area contributed by atoms with Crippen molar-refractivity contribution in [2.24, 2.45) is 0 Å². The van der Waals surface area contributed by atoms with Crippen molar-refractivity contribution >= 4 is 37.4 Å². The highest BCUT2D eigenvalue weighted by molar-refractivity contribution is 9.12. The SMILES string of the molecule is BrC1=C(c2ccccc2)c2ccc(Br)cc2C1c1ccccc1. The number of fused-ring (bicyclic) bond motifs is 1. The second-order valence-corrected chi connectivity index (χ2v) is 7.43. The summed E-state index contributed by atoms with van der Waals surface area (Å²) in [5, 5.41) is 0. The van der Waals surface area contributed by atoms with Crippen LogP contribution in [0, 0.1) is 0 Å². The van der Waals surface area contributed by atoms with Crippen molar-refractivity contribution < 1.29 is 0 Å². The highest BCUT2D eigenvalue weighted by Gasteiger charge is 2.31. The number of halogens is 2. The molecule has 0 amide bonds. The average Bonchev–Trinajstić information content (AvgIpc) is 2.87. The second-order valence-electron chi connectivity index (χ2n) is 5.66. The molecule has 0 heterocycles. The van der Waals surface area contributed by atoms with E-state index in [2.05, 4.69) is 111 Å². The zero-order chi connectivity index (χ0) is 15.8. The zero-order valence-electron chi connectivity index (χ0n) is 12.3. The molecule has 0 bridgehead atoms. The van der Waals surface area contributed by atoms with Gasteiger partial charge in [-0.1, -0.05) is 98.6 Å². The molecule has 1 aliphatic rings. The minimum atomic E-state index is 0.249. The van der Waals surface area contributed by atoms with Gasteiger partial charge in [-0.15, -0.1) is 0 Å². The number of hydrogen-bond acceptors (Lipinski definition) is 0. The van der Waals surface area contributed by atoms with E-state index in [1.54, 1.807) is 0 Å². The molecule has 0 aromatic heterocycles. The lowest BCUT2D eigenvalue weighted by Gasteiger charge is -2.14. The smallest absolute Gasteiger partial charge is 0.0418 e. The summed E-state index contributed by atoms with van der Waals surface area (Å²) in [6.07, 6.45) is 0. The maximum atomic E-state index is 3.91. The van der Waals surface area contributed by atoms with Gasteiger partial charge in [-0.3, -0.25) is 0 Å². The van der Waals surface area contributed by atoms with Crippen LogP contribution in [0.15, 0.2) is 87.8 Å². The van der Waals surface area contributed by atoms with Gasteiger partial charge in [0.2, 0.25) is 0 Å². The predicted molar refractivity (Wildman–Crippen MR) is 104 cm³/mol. The molecule has 0 spiro atoms. The van der Waals surface area contributed by atoms with Gasteiger partial charge in [0.1, 0.15) is 0 Å². The van der Waals surface area contributed by atoms with Crippen molar-refractivity contribution in [3.8, 4) is 0 Å². The van der Waals surface area contributed by atoms with E-state index in [1.165, 1.54) is 32.3 Å². The molecule has 3 aromatic rings. The van der Waals surface area contributed by atoms with E-state index in [-0.39, 0.29) is 5.92 Å². The number of hydrogen-bond donors (Lipinski definition) is 0.